The molecule has 1 aromatic carbocycles. The largest absolute Gasteiger partial charge is 0.309 e. The minimum atomic E-state index is 0.0298. The van der Waals surface area contributed by atoms with E-state index in [9.17, 15) is 4.79 Å². The summed E-state index contributed by atoms with van der Waals surface area (Å²) in [4.78, 5) is 11.8. The van der Waals surface area contributed by atoms with E-state index in [1.54, 1.807) is 0 Å². The molecule has 0 saturated carbocycles. The molecule has 0 saturated heterocycles. The van der Waals surface area contributed by atoms with Gasteiger partial charge in [0, 0.05) is 23.6 Å². The third-order valence-corrected chi connectivity index (χ3v) is 3.92. The third-order valence-electron chi connectivity index (χ3n) is 3.92. The van der Waals surface area contributed by atoms with Crippen LogP contribution in [0.2, 0.25) is 0 Å². The molecule has 1 unspecified atom stereocenters. The molecule has 2 aromatic rings. The molecule has 0 radical (unpaired) electrons. The Kier molecular flexibility index (Phi) is 2.66. The highest BCUT2D eigenvalue weighted by Gasteiger charge is 2.30. The number of rotatable bonds is 1. The first kappa shape index (κ1) is 12.0. The minimum Gasteiger partial charge on any atom is -0.309 e. The first-order valence-corrected chi connectivity index (χ1v) is 6.48. The summed E-state index contributed by atoms with van der Waals surface area (Å²) >= 11 is 0. The van der Waals surface area contributed by atoms with Crippen molar-refractivity contribution in [2.24, 2.45) is 0 Å². The first-order valence-electron chi connectivity index (χ1n) is 6.48. The molecule has 98 valence electrons. The Hall–Kier alpha value is -2.10. The number of amides is 1. The van der Waals surface area contributed by atoms with Crippen LogP contribution in [0.5, 0.6) is 0 Å². The molecule has 1 amide bonds. The number of anilines is 1. The number of carbonyl (C=O) groups excluding carboxylic acids is 1. The third kappa shape index (κ3) is 1.93. The molecule has 0 fully saturated rings. The Balaban J connectivity index is 2.11. The molecule has 0 bridgehead atoms. The number of carbonyl (C=O) groups is 1. The Labute approximate surface area is 112 Å². The Morgan fingerprint density at radius 2 is 2.00 bits per heavy atom. The molecular formula is C15H17N3O. The smallest absolute Gasteiger partial charge is 0.226 e. The van der Waals surface area contributed by atoms with E-state index in [0.717, 1.165) is 11.3 Å². The number of hydrogen-bond acceptors (Lipinski definition) is 2. The highest BCUT2D eigenvalue weighted by molar-refractivity contribution is 5.94. The van der Waals surface area contributed by atoms with Crippen molar-refractivity contribution in [3.63, 3.8) is 0 Å². The summed E-state index contributed by atoms with van der Waals surface area (Å²) in [6.07, 6.45) is 0.482. The fraction of sp³-hybridized carbons (Fsp3) is 0.333. The van der Waals surface area contributed by atoms with Crippen molar-refractivity contribution in [1.29, 1.82) is 0 Å². The zero-order chi connectivity index (χ0) is 13.6. The molecule has 0 aliphatic carbocycles. The fourth-order valence-electron chi connectivity index (χ4n) is 2.70. The van der Waals surface area contributed by atoms with Gasteiger partial charge in [-0.25, -0.2) is 0 Å². The van der Waals surface area contributed by atoms with Gasteiger partial charge in [-0.05, 0) is 37.5 Å². The van der Waals surface area contributed by atoms with Crippen molar-refractivity contribution in [2.75, 3.05) is 5.32 Å². The van der Waals surface area contributed by atoms with Crippen LogP contribution >= 0.6 is 0 Å². The summed E-state index contributed by atoms with van der Waals surface area (Å²) in [5, 5.41) is 9.95. The van der Waals surface area contributed by atoms with Crippen LogP contribution < -0.4 is 5.32 Å². The Morgan fingerprint density at radius 3 is 2.74 bits per heavy atom. The van der Waals surface area contributed by atoms with Crippen LogP contribution in [0.3, 0.4) is 0 Å². The van der Waals surface area contributed by atoms with Crippen LogP contribution in [0.25, 0.3) is 0 Å². The SMILES string of the molecule is Cc1ccc(C2CC(=O)Nc3n[nH]c(C)c32)cc1C. The van der Waals surface area contributed by atoms with Crippen molar-refractivity contribution in [3.8, 4) is 0 Å². The molecule has 1 aromatic heterocycles. The summed E-state index contributed by atoms with van der Waals surface area (Å²) in [6.45, 7) is 6.20. The lowest BCUT2D eigenvalue weighted by atomic mass is 9.85. The monoisotopic (exact) mass is 255 g/mol. The zero-order valence-corrected chi connectivity index (χ0v) is 11.4. The number of aromatic amines is 1. The van der Waals surface area contributed by atoms with E-state index in [1.807, 2.05) is 6.92 Å². The number of aromatic nitrogens is 2. The molecule has 1 atom stereocenters. The lowest BCUT2D eigenvalue weighted by molar-refractivity contribution is -0.116. The fourth-order valence-corrected chi connectivity index (χ4v) is 2.70. The topological polar surface area (TPSA) is 57.8 Å². The number of fused-ring (bicyclic) bond motifs is 1. The van der Waals surface area contributed by atoms with Crippen molar-refractivity contribution in [1.82, 2.24) is 10.2 Å². The van der Waals surface area contributed by atoms with Gasteiger partial charge in [-0.2, -0.15) is 5.10 Å². The van der Waals surface area contributed by atoms with Crippen LogP contribution in [0.1, 0.15) is 40.3 Å². The highest BCUT2D eigenvalue weighted by atomic mass is 16.1. The van der Waals surface area contributed by atoms with Crippen molar-refractivity contribution in [3.05, 3.63) is 46.1 Å². The van der Waals surface area contributed by atoms with Crippen molar-refractivity contribution >= 4 is 11.7 Å². The van der Waals surface area contributed by atoms with Gasteiger partial charge in [0.15, 0.2) is 5.82 Å². The average Bonchev–Trinajstić information content (AvgIpc) is 2.73. The van der Waals surface area contributed by atoms with E-state index >= 15 is 0 Å². The van der Waals surface area contributed by atoms with E-state index in [2.05, 4.69) is 47.6 Å². The standard InChI is InChI=1S/C15H17N3O/c1-8-4-5-11(6-9(8)2)12-7-13(19)16-15-14(12)10(3)17-18-15/h4-6,12H,7H2,1-3H3,(H2,16,17,18,19). The predicted octanol–water partition coefficient (Wildman–Crippen LogP) is 2.81. The van der Waals surface area contributed by atoms with E-state index in [0.29, 0.717) is 12.2 Å². The van der Waals surface area contributed by atoms with Gasteiger partial charge in [0.05, 0.1) is 0 Å². The second-order valence-corrected chi connectivity index (χ2v) is 5.26. The maximum absolute atomic E-state index is 11.8. The molecular weight excluding hydrogens is 238 g/mol. The zero-order valence-electron chi connectivity index (χ0n) is 11.4. The number of aryl methyl sites for hydroxylation is 3. The van der Waals surface area contributed by atoms with Gasteiger partial charge in [-0.15, -0.1) is 0 Å². The highest BCUT2D eigenvalue weighted by Crippen LogP contribution is 2.38. The van der Waals surface area contributed by atoms with Gasteiger partial charge in [-0.3, -0.25) is 9.89 Å². The number of hydrogen-bond donors (Lipinski definition) is 2. The van der Waals surface area contributed by atoms with Gasteiger partial charge >= 0.3 is 0 Å². The van der Waals surface area contributed by atoms with Gasteiger partial charge in [0.2, 0.25) is 5.91 Å². The quantitative estimate of drug-likeness (QED) is 0.823. The predicted molar refractivity (Wildman–Crippen MR) is 74.3 cm³/mol. The molecule has 0 spiro atoms. The molecule has 4 heteroatoms. The molecule has 2 N–H and O–H groups in total. The Morgan fingerprint density at radius 1 is 1.21 bits per heavy atom. The van der Waals surface area contributed by atoms with Crippen LogP contribution in [0, 0.1) is 20.8 Å². The van der Waals surface area contributed by atoms with Gasteiger partial charge in [0.1, 0.15) is 0 Å². The van der Waals surface area contributed by atoms with Crippen LogP contribution in [-0.2, 0) is 4.79 Å². The van der Waals surface area contributed by atoms with E-state index in [4.69, 9.17) is 0 Å². The lowest BCUT2D eigenvalue weighted by Crippen LogP contribution is -2.23. The summed E-state index contributed by atoms with van der Waals surface area (Å²) in [7, 11) is 0. The summed E-state index contributed by atoms with van der Waals surface area (Å²) < 4.78 is 0. The van der Waals surface area contributed by atoms with Crippen LogP contribution in [-0.4, -0.2) is 16.1 Å². The normalized spacial score (nSPS) is 18.1. The molecule has 4 nitrogen and oxygen atoms in total. The lowest BCUT2D eigenvalue weighted by Gasteiger charge is -2.23. The second-order valence-electron chi connectivity index (χ2n) is 5.26. The van der Waals surface area contributed by atoms with Crippen LogP contribution in [0.4, 0.5) is 5.82 Å². The maximum atomic E-state index is 11.8. The van der Waals surface area contributed by atoms with E-state index < -0.39 is 0 Å². The van der Waals surface area contributed by atoms with Gasteiger partial charge in [-0.1, -0.05) is 18.2 Å². The second kappa shape index (κ2) is 4.23. The van der Waals surface area contributed by atoms with E-state index in [1.165, 1.54) is 16.7 Å². The van der Waals surface area contributed by atoms with Crippen molar-refractivity contribution < 1.29 is 4.79 Å². The van der Waals surface area contributed by atoms with Crippen molar-refractivity contribution in [2.45, 2.75) is 33.1 Å². The summed E-state index contributed by atoms with van der Waals surface area (Å²) in [5.74, 6) is 0.806. The average molecular weight is 255 g/mol. The van der Waals surface area contributed by atoms with Gasteiger partial charge < -0.3 is 5.32 Å². The molecule has 3 rings (SSSR count). The molecule has 2 heterocycles. The maximum Gasteiger partial charge on any atom is 0.226 e. The first-order chi connectivity index (χ1) is 9.06. The molecule has 19 heavy (non-hydrogen) atoms. The summed E-state index contributed by atoms with van der Waals surface area (Å²) in [5.41, 5.74) is 5.85. The number of nitrogens with one attached hydrogen (secondary N) is 2. The summed E-state index contributed by atoms with van der Waals surface area (Å²) in [6, 6.07) is 6.41. The molecule has 1 aliphatic heterocycles. The molecule has 1 aliphatic rings. The number of nitrogens with zero attached hydrogens (tertiary/aromatic N) is 1. The minimum absolute atomic E-state index is 0.0298. The number of H-pyrrole nitrogens is 1. The van der Waals surface area contributed by atoms with Crippen LogP contribution in [0.15, 0.2) is 18.2 Å². The van der Waals surface area contributed by atoms with Gasteiger partial charge in [0.25, 0.3) is 0 Å². The Bertz CT molecular complexity index is 657. The number of benzene rings is 1. The van der Waals surface area contributed by atoms with E-state index in [-0.39, 0.29) is 11.8 Å².